The molecule has 0 aliphatic carbocycles. The summed E-state index contributed by atoms with van der Waals surface area (Å²) >= 11 is 1.58. The first-order valence-corrected chi connectivity index (χ1v) is 12.3. The van der Waals surface area contributed by atoms with Gasteiger partial charge in [0.2, 0.25) is 0 Å². The number of hydrogen-bond donors (Lipinski definition) is 0. The number of fused-ring (bicyclic) bond motifs is 1. The Labute approximate surface area is 199 Å². The molecule has 0 spiro atoms. The van der Waals surface area contributed by atoms with Crippen LogP contribution in [-0.4, -0.2) is 51.8 Å². The van der Waals surface area contributed by atoms with Crippen molar-refractivity contribution in [2.75, 3.05) is 31.1 Å². The van der Waals surface area contributed by atoms with Crippen LogP contribution >= 0.6 is 11.3 Å². The fourth-order valence-corrected chi connectivity index (χ4v) is 5.04. The first-order valence-electron chi connectivity index (χ1n) is 11.5. The van der Waals surface area contributed by atoms with Gasteiger partial charge in [0.25, 0.3) is 5.91 Å². The van der Waals surface area contributed by atoms with Gasteiger partial charge in [-0.3, -0.25) is 9.69 Å². The molecular weight excluding hydrogens is 430 g/mol. The smallest absolute Gasteiger partial charge is 0.263 e. The summed E-state index contributed by atoms with van der Waals surface area (Å²) in [7, 11) is 0. The van der Waals surface area contributed by atoms with Crippen LogP contribution in [0.5, 0.6) is 0 Å². The van der Waals surface area contributed by atoms with E-state index in [4.69, 9.17) is 4.98 Å². The van der Waals surface area contributed by atoms with Crippen molar-refractivity contribution in [2.24, 2.45) is 0 Å². The number of para-hydroxylation sites is 1. The molecule has 0 unspecified atom stereocenters. The molecule has 0 aliphatic rings. The standard InChI is InChI=1S/C26H31N5OS/c1-6-29(7-2)15-16-30(26-28-24-19(4)18(3)13-14-23(24)33-26)25(32)22-17-27-31(20(22)5)21-11-9-8-10-12-21/h8-14,17H,6-7,15-16H2,1-5H3. The maximum atomic E-state index is 13.8. The van der Waals surface area contributed by atoms with Gasteiger partial charge in [0.1, 0.15) is 0 Å². The summed E-state index contributed by atoms with van der Waals surface area (Å²) in [5, 5.41) is 5.26. The predicted octanol–water partition coefficient (Wildman–Crippen LogP) is 5.40. The summed E-state index contributed by atoms with van der Waals surface area (Å²) in [6.45, 7) is 13.7. The summed E-state index contributed by atoms with van der Waals surface area (Å²) in [4.78, 5) is 22.9. The number of aromatic nitrogens is 3. The van der Waals surface area contributed by atoms with Crippen molar-refractivity contribution in [2.45, 2.75) is 34.6 Å². The van der Waals surface area contributed by atoms with Crippen LogP contribution in [0.1, 0.15) is 41.0 Å². The summed E-state index contributed by atoms with van der Waals surface area (Å²) in [5.41, 5.74) is 5.72. The average Bonchev–Trinajstić information content (AvgIpc) is 3.43. The zero-order valence-electron chi connectivity index (χ0n) is 20.0. The van der Waals surface area contributed by atoms with E-state index in [0.29, 0.717) is 12.1 Å². The fraction of sp³-hybridized carbons (Fsp3) is 0.346. The minimum atomic E-state index is -0.0599. The molecule has 172 valence electrons. The third-order valence-corrected chi connectivity index (χ3v) is 7.37. The van der Waals surface area contributed by atoms with E-state index < -0.39 is 0 Å². The van der Waals surface area contributed by atoms with Gasteiger partial charge in [-0.2, -0.15) is 5.10 Å². The fourth-order valence-electron chi connectivity index (χ4n) is 3.99. The van der Waals surface area contributed by atoms with Crippen LogP contribution in [0.2, 0.25) is 0 Å². The molecule has 2 aromatic heterocycles. The second-order valence-electron chi connectivity index (χ2n) is 8.23. The van der Waals surface area contributed by atoms with E-state index in [-0.39, 0.29) is 5.91 Å². The van der Waals surface area contributed by atoms with Gasteiger partial charge < -0.3 is 4.90 Å². The van der Waals surface area contributed by atoms with E-state index in [0.717, 1.165) is 46.4 Å². The Balaban J connectivity index is 1.73. The maximum Gasteiger partial charge on any atom is 0.263 e. The average molecular weight is 462 g/mol. The van der Waals surface area contributed by atoms with E-state index >= 15 is 0 Å². The molecule has 0 atom stereocenters. The summed E-state index contributed by atoms with van der Waals surface area (Å²) in [6, 6.07) is 14.1. The van der Waals surface area contributed by atoms with Gasteiger partial charge in [0.15, 0.2) is 5.13 Å². The van der Waals surface area contributed by atoms with E-state index in [2.05, 4.69) is 49.8 Å². The Kier molecular flexibility index (Phi) is 6.91. The number of nitrogens with zero attached hydrogens (tertiary/aromatic N) is 5. The monoisotopic (exact) mass is 461 g/mol. The molecular formula is C26H31N5OS. The highest BCUT2D eigenvalue weighted by Gasteiger charge is 2.26. The molecule has 0 fully saturated rings. The first-order chi connectivity index (χ1) is 15.9. The van der Waals surface area contributed by atoms with Gasteiger partial charge in [-0.15, -0.1) is 0 Å². The number of carbonyl (C=O) groups excluding carboxylic acids is 1. The Morgan fingerprint density at radius 3 is 2.42 bits per heavy atom. The van der Waals surface area contributed by atoms with Crippen molar-refractivity contribution in [1.82, 2.24) is 19.7 Å². The third kappa shape index (κ3) is 4.56. The lowest BCUT2D eigenvalue weighted by atomic mass is 10.1. The van der Waals surface area contributed by atoms with Crippen LogP contribution in [0.4, 0.5) is 5.13 Å². The lowest BCUT2D eigenvalue weighted by Gasteiger charge is -2.24. The minimum absolute atomic E-state index is 0.0599. The zero-order valence-corrected chi connectivity index (χ0v) is 20.8. The zero-order chi connectivity index (χ0) is 23.5. The van der Waals surface area contributed by atoms with Crippen LogP contribution in [-0.2, 0) is 0 Å². The summed E-state index contributed by atoms with van der Waals surface area (Å²) in [6.07, 6.45) is 1.68. The van der Waals surface area contributed by atoms with E-state index in [1.807, 2.05) is 46.8 Å². The molecule has 7 heteroatoms. The number of rotatable bonds is 8. The number of anilines is 1. The largest absolute Gasteiger partial charge is 0.302 e. The normalized spacial score (nSPS) is 11.5. The van der Waals surface area contributed by atoms with Crippen molar-refractivity contribution in [1.29, 1.82) is 0 Å². The van der Waals surface area contributed by atoms with Gasteiger partial charge in [-0.25, -0.2) is 9.67 Å². The van der Waals surface area contributed by atoms with Crippen LogP contribution in [0, 0.1) is 20.8 Å². The lowest BCUT2D eigenvalue weighted by molar-refractivity contribution is 0.0983. The number of hydrogen-bond acceptors (Lipinski definition) is 5. The lowest BCUT2D eigenvalue weighted by Crippen LogP contribution is -2.39. The van der Waals surface area contributed by atoms with Crippen LogP contribution in [0.3, 0.4) is 0 Å². The molecule has 0 N–H and O–H groups in total. The first kappa shape index (κ1) is 23.1. The molecule has 0 saturated carbocycles. The van der Waals surface area contributed by atoms with Gasteiger partial charge in [0.05, 0.1) is 33.4 Å². The van der Waals surface area contributed by atoms with E-state index in [1.54, 1.807) is 17.5 Å². The van der Waals surface area contributed by atoms with Gasteiger partial charge in [-0.1, -0.05) is 49.4 Å². The SMILES string of the molecule is CCN(CC)CCN(C(=O)c1cnn(-c2ccccc2)c1C)c1nc2c(C)c(C)ccc2s1. The number of carbonyl (C=O) groups is 1. The molecule has 0 radical (unpaired) electrons. The van der Waals surface area contributed by atoms with Gasteiger partial charge >= 0.3 is 0 Å². The number of benzene rings is 2. The molecule has 0 saturated heterocycles. The maximum absolute atomic E-state index is 13.8. The summed E-state index contributed by atoms with van der Waals surface area (Å²) in [5.74, 6) is -0.0599. The van der Waals surface area contributed by atoms with E-state index in [1.165, 1.54) is 11.1 Å². The number of thiazole rings is 1. The topological polar surface area (TPSA) is 54.3 Å². The van der Waals surface area contributed by atoms with Crippen molar-refractivity contribution >= 4 is 32.6 Å². The molecule has 2 aromatic carbocycles. The third-order valence-electron chi connectivity index (χ3n) is 6.32. The van der Waals surface area contributed by atoms with Crippen molar-refractivity contribution in [3.63, 3.8) is 0 Å². The van der Waals surface area contributed by atoms with Gasteiger partial charge in [0, 0.05) is 13.1 Å². The number of likely N-dealkylation sites (N-methyl/N-ethyl adjacent to an activating group) is 1. The molecule has 33 heavy (non-hydrogen) atoms. The Morgan fingerprint density at radius 2 is 1.73 bits per heavy atom. The van der Waals surface area contributed by atoms with Crippen LogP contribution in [0.15, 0.2) is 48.7 Å². The second-order valence-corrected chi connectivity index (χ2v) is 9.23. The molecule has 0 aliphatic heterocycles. The van der Waals surface area contributed by atoms with Crippen molar-refractivity contribution in [3.05, 3.63) is 71.0 Å². The molecule has 4 rings (SSSR count). The van der Waals surface area contributed by atoms with Crippen LogP contribution in [0.25, 0.3) is 15.9 Å². The van der Waals surface area contributed by atoms with Crippen molar-refractivity contribution < 1.29 is 4.79 Å². The molecule has 1 amide bonds. The molecule has 4 aromatic rings. The van der Waals surface area contributed by atoms with Crippen LogP contribution < -0.4 is 4.90 Å². The number of aryl methyl sites for hydroxylation is 2. The minimum Gasteiger partial charge on any atom is -0.302 e. The highest BCUT2D eigenvalue weighted by atomic mass is 32.1. The summed E-state index contributed by atoms with van der Waals surface area (Å²) < 4.78 is 2.92. The van der Waals surface area contributed by atoms with E-state index in [9.17, 15) is 4.79 Å². The molecule has 0 bridgehead atoms. The molecule has 2 heterocycles. The molecule has 6 nitrogen and oxygen atoms in total. The number of amides is 1. The van der Waals surface area contributed by atoms with Gasteiger partial charge in [-0.05, 0) is 63.2 Å². The Hall–Kier alpha value is -3.03. The Morgan fingerprint density at radius 1 is 1.00 bits per heavy atom. The Bertz CT molecular complexity index is 1260. The predicted molar refractivity (Wildman–Crippen MR) is 137 cm³/mol. The highest BCUT2D eigenvalue weighted by molar-refractivity contribution is 7.22. The highest BCUT2D eigenvalue weighted by Crippen LogP contribution is 2.33. The van der Waals surface area contributed by atoms with Crippen molar-refractivity contribution in [3.8, 4) is 5.69 Å². The second kappa shape index (κ2) is 9.85. The quantitative estimate of drug-likeness (QED) is 0.353.